The third-order valence-electron chi connectivity index (χ3n) is 5.83. The van der Waals surface area contributed by atoms with Crippen LogP contribution in [0.5, 0.6) is 0 Å². The standard InChI is InChI=1S/C26H24FN3/c27-21-11-8-18(9-12-21)16-28-17-20-5-3-7-24-23(20)13-15-26(29-24)30-25-14-10-19-4-1-2-6-22(19)25/h1-9,11-13,15,25,28H,10,14,16-17H2,(H,29,30)/t25-/m1/s1. The van der Waals surface area contributed by atoms with Gasteiger partial charge < -0.3 is 10.6 Å². The number of hydrogen-bond acceptors (Lipinski definition) is 3. The Morgan fingerprint density at radius 3 is 2.63 bits per heavy atom. The van der Waals surface area contributed by atoms with E-state index in [0.29, 0.717) is 12.6 Å². The van der Waals surface area contributed by atoms with Crippen molar-refractivity contribution in [2.75, 3.05) is 5.32 Å². The zero-order valence-corrected chi connectivity index (χ0v) is 16.7. The van der Waals surface area contributed by atoms with Gasteiger partial charge in [0, 0.05) is 18.5 Å². The number of anilines is 1. The van der Waals surface area contributed by atoms with Gasteiger partial charge in [-0.2, -0.15) is 0 Å². The van der Waals surface area contributed by atoms with Crippen LogP contribution in [0.3, 0.4) is 0 Å². The summed E-state index contributed by atoms with van der Waals surface area (Å²) in [7, 11) is 0. The molecule has 1 aliphatic carbocycles. The van der Waals surface area contributed by atoms with Gasteiger partial charge in [0.1, 0.15) is 11.6 Å². The highest BCUT2D eigenvalue weighted by molar-refractivity contribution is 5.83. The lowest BCUT2D eigenvalue weighted by Gasteiger charge is -2.16. The number of halogens is 1. The third-order valence-corrected chi connectivity index (χ3v) is 5.83. The fraction of sp³-hybridized carbons (Fsp3) is 0.192. The van der Waals surface area contributed by atoms with E-state index in [1.54, 1.807) is 0 Å². The molecule has 1 aliphatic rings. The van der Waals surface area contributed by atoms with Gasteiger partial charge in [-0.25, -0.2) is 9.37 Å². The molecule has 0 amide bonds. The molecule has 5 rings (SSSR count). The highest BCUT2D eigenvalue weighted by Gasteiger charge is 2.21. The lowest BCUT2D eigenvalue weighted by Crippen LogP contribution is -2.13. The van der Waals surface area contributed by atoms with Crippen molar-refractivity contribution in [1.29, 1.82) is 0 Å². The summed E-state index contributed by atoms with van der Waals surface area (Å²) in [5, 5.41) is 8.22. The molecule has 1 aromatic heterocycles. The molecule has 0 saturated heterocycles. The first kappa shape index (κ1) is 18.8. The minimum Gasteiger partial charge on any atom is -0.363 e. The second-order valence-electron chi connectivity index (χ2n) is 7.84. The second kappa shape index (κ2) is 8.25. The van der Waals surface area contributed by atoms with Crippen LogP contribution in [0, 0.1) is 5.82 Å². The highest BCUT2D eigenvalue weighted by Crippen LogP contribution is 2.33. The molecular weight excluding hydrogens is 373 g/mol. The van der Waals surface area contributed by atoms with Gasteiger partial charge in [-0.15, -0.1) is 0 Å². The van der Waals surface area contributed by atoms with Gasteiger partial charge in [-0.05, 0) is 65.4 Å². The predicted molar refractivity (Wildman–Crippen MR) is 120 cm³/mol. The first-order valence-electron chi connectivity index (χ1n) is 10.4. The first-order valence-corrected chi connectivity index (χ1v) is 10.4. The van der Waals surface area contributed by atoms with Gasteiger partial charge in [0.05, 0.1) is 11.6 Å². The molecule has 150 valence electrons. The second-order valence-corrected chi connectivity index (χ2v) is 7.84. The van der Waals surface area contributed by atoms with Gasteiger partial charge >= 0.3 is 0 Å². The molecule has 0 unspecified atom stereocenters. The summed E-state index contributed by atoms with van der Waals surface area (Å²) in [6.45, 7) is 1.43. The van der Waals surface area contributed by atoms with Crippen LogP contribution in [-0.2, 0) is 19.5 Å². The number of aromatic nitrogens is 1. The molecule has 3 nitrogen and oxygen atoms in total. The molecule has 0 fully saturated rings. The third kappa shape index (κ3) is 3.91. The maximum Gasteiger partial charge on any atom is 0.127 e. The average molecular weight is 397 g/mol. The van der Waals surface area contributed by atoms with E-state index < -0.39 is 0 Å². The van der Waals surface area contributed by atoms with Crippen molar-refractivity contribution in [2.45, 2.75) is 32.0 Å². The van der Waals surface area contributed by atoms with E-state index in [0.717, 1.165) is 41.7 Å². The van der Waals surface area contributed by atoms with E-state index in [1.807, 2.05) is 12.1 Å². The van der Waals surface area contributed by atoms with Crippen LogP contribution in [0.2, 0.25) is 0 Å². The Balaban J connectivity index is 1.29. The van der Waals surface area contributed by atoms with Gasteiger partial charge in [0.25, 0.3) is 0 Å². The predicted octanol–water partition coefficient (Wildman–Crippen LogP) is 5.76. The molecule has 4 heteroatoms. The Labute approximate surface area is 176 Å². The largest absolute Gasteiger partial charge is 0.363 e. The van der Waals surface area contributed by atoms with Crippen LogP contribution < -0.4 is 10.6 Å². The van der Waals surface area contributed by atoms with Crippen LogP contribution in [0.25, 0.3) is 10.9 Å². The smallest absolute Gasteiger partial charge is 0.127 e. The van der Waals surface area contributed by atoms with Crippen molar-refractivity contribution in [3.8, 4) is 0 Å². The molecule has 1 atom stereocenters. The summed E-state index contributed by atoms with van der Waals surface area (Å²) in [6.07, 6.45) is 2.22. The maximum absolute atomic E-state index is 13.0. The minimum atomic E-state index is -0.204. The average Bonchev–Trinajstić information content (AvgIpc) is 3.18. The highest BCUT2D eigenvalue weighted by atomic mass is 19.1. The van der Waals surface area contributed by atoms with Crippen molar-refractivity contribution in [2.24, 2.45) is 0 Å². The van der Waals surface area contributed by atoms with Crippen molar-refractivity contribution in [3.63, 3.8) is 0 Å². The van der Waals surface area contributed by atoms with E-state index in [4.69, 9.17) is 4.98 Å². The summed E-state index contributed by atoms with van der Waals surface area (Å²) in [6, 6.07) is 26.1. The van der Waals surface area contributed by atoms with E-state index in [2.05, 4.69) is 65.2 Å². The van der Waals surface area contributed by atoms with Crippen LogP contribution >= 0.6 is 0 Å². The van der Waals surface area contributed by atoms with Crippen LogP contribution in [0.1, 0.15) is 34.7 Å². The number of hydrogen-bond donors (Lipinski definition) is 2. The SMILES string of the molecule is Fc1ccc(CNCc2cccc3nc(N[C@@H]4CCc5ccccc54)ccc23)cc1. The fourth-order valence-electron chi connectivity index (χ4n) is 4.28. The molecule has 0 saturated carbocycles. The maximum atomic E-state index is 13.0. The van der Waals surface area contributed by atoms with Crippen molar-refractivity contribution in [3.05, 3.63) is 107 Å². The van der Waals surface area contributed by atoms with E-state index in [9.17, 15) is 4.39 Å². The molecule has 4 aromatic rings. The molecule has 3 aromatic carbocycles. The fourth-order valence-corrected chi connectivity index (χ4v) is 4.28. The molecule has 0 aliphatic heterocycles. The summed E-state index contributed by atoms with van der Waals surface area (Å²) in [5.74, 6) is 0.713. The topological polar surface area (TPSA) is 37.0 Å². The lowest BCUT2D eigenvalue weighted by atomic mass is 10.1. The molecule has 30 heavy (non-hydrogen) atoms. The van der Waals surface area contributed by atoms with Crippen LogP contribution in [0.15, 0.2) is 78.9 Å². The van der Waals surface area contributed by atoms with Gasteiger partial charge in [0.15, 0.2) is 0 Å². The van der Waals surface area contributed by atoms with Crippen molar-refractivity contribution < 1.29 is 4.39 Å². The van der Waals surface area contributed by atoms with Crippen LogP contribution in [0.4, 0.5) is 10.2 Å². The number of fused-ring (bicyclic) bond motifs is 2. The quantitative estimate of drug-likeness (QED) is 0.434. The van der Waals surface area contributed by atoms with E-state index in [1.165, 1.54) is 28.8 Å². The number of aryl methyl sites for hydroxylation is 1. The number of rotatable bonds is 6. The molecular formula is C26H24FN3. The van der Waals surface area contributed by atoms with Crippen molar-refractivity contribution in [1.82, 2.24) is 10.3 Å². The van der Waals surface area contributed by atoms with E-state index in [-0.39, 0.29) is 5.82 Å². The summed E-state index contributed by atoms with van der Waals surface area (Å²) >= 11 is 0. The molecule has 0 radical (unpaired) electrons. The number of nitrogens with one attached hydrogen (secondary N) is 2. The Morgan fingerprint density at radius 1 is 0.867 bits per heavy atom. The van der Waals surface area contributed by atoms with Gasteiger partial charge in [-0.3, -0.25) is 0 Å². The monoisotopic (exact) mass is 397 g/mol. The van der Waals surface area contributed by atoms with Gasteiger partial charge in [0.2, 0.25) is 0 Å². The zero-order valence-electron chi connectivity index (χ0n) is 16.7. The lowest BCUT2D eigenvalue weighted by molar-refractivity contribution is 0.625. The molecule has 2 N–H and O–H groups in total. The molecule has 0 spiro atoms. The van der Waals surface area contributed by atoms with Gasteiger partial charge in [-0.1, -0.05) is 48.5 Å². The molecule has 0 bridgehead atoms. The summed E-state index contributed by atoms with van der Waals surface area (Å²) in [4.78, 5) is 4.87. The first-order chi connectivity index (χ1) is 14.8. The summed E-state index contributed by atoms with van der Waals surface area (Å²) in [5.41, 5.74) is 6.09. The Kier molecular flexibility index (Phi) is 5.16. The Hall–Kier alpha value is -3.24. The Morgan fingerprint density at radius 2 is 1.73 bits per heavy atom. The Bertz CT molecular complexity index is 1170. The molecule has 1 heterocycles. The zero-order chi connectivity index (χ0) is 20.3. The van der Waals surface area contributed by atoms with Crippen molar-refractivity contribution >= 4 is 16.7 Å². The van der Waals surface area contributed by atoms with E-state index >= 15 is 0 Å². The number of pyridine rings is 1. The van der Waals surface area contributed by atoms with Crippen LogP contribution in [-0.4, -0.2) is 4.98 Å². The summed E-state index contributed by atoms with van der Waals surface area (Å²) < 4.78 is 13.0. The normalized spacial score (nSPS) is 15.3. The minimum absolute atomic E-state index is 0.204. The number of nitrogens with zero attached hydrogens (tertiary/aromatic N) is 1. The number of benzene rings is 3.